The Morgan fingerprint density at radius 1 is 0.690 bits per heavy atom. The van der Waals surface area contributed by atoms with Gasteiger partial charge in [0, 0.05) is 52.4 Å². The second kappa shape index (κ2) is 7.14. The molecule has 3 unspecified atom stereocenters. The minimum atomic E-state index is 0.503. The third-order valence-electron chi connectivity index (χ3n) is 7.66. The van der Waals surface area contributed by atoms with E-state index >= 15 is 0 Å². The van der Waals surface area contributed by atoms with E-state index in [1.165, 1.54) is 42.9 Å². The van der Waals surface area contributed by atoms with Gasteiger partial charge in [-0.05, 0) is 47.0 Å². The smallest absolute Gasteiger partial charge is 0.0843 e. The molecule has 2 fully saturated rings. The second-order valence-corrected chi connectivity index (χ2v) is 10.5. The molecule has 152 valence electrons. The molecule has 5 atom stereocenters. The van der Waals surface area contributed by atoms with Crippen molar-refractivity contribution in [3.63, 3.8) is 0 Å². The monoisotopic (exact) mass is 406 g/mol. The zero-order valence-electron chi connectivity index (χ0n) is 17.6. The van der Waals surface area contributed by atoms with Crippen molar-refractivity contribution in [2.75, 3.05) is 26.2 Å². The van der Waals surface area contributed by atoms with Crippen LogP contribution in [0, 0.1) is 6.92 Å². The lowest BCUT2D eigenvalue weighted by Crippen LogP contribution is -2.42. The standard InChI is InChI=1S/C24H31N4P/c1-17-19-5-3-6-20(17)14-27-11-12-28-16-22-8-4-7-21(23(22)29-24(27)28)15-26-10-9-25(13-19)18(26)2/h3-8,18,24,29H,9-16H2,1-2H3/t18-,24+/m0/s1. The van der Waals surface area contributed by atoms with E-state index in [4.69, 9.17) is 0 Å². The van der Waals surface area contributed by atoms with Crippen LogP contribution in [0.15, 0.2) is 36.4 Å². The Balaban J connectivity index is 1.45. The van der Waals surface area contributed by atoms with E-state index in [-0.39, 0.29) is 0 Å². The molecule has 0 aromatic heterocycles. The summed E-state index contributed by atoms with van der Waals surface area (Å²) >= 11 is 0. The summed E-state index contributed by atoms with van der Waals surface area (Å²) in [4.78, 5) is 10.8. The van der Waals surface area contributed by atoms with Crippen molar-refractivity contribution in [2.45, 2.75) is 52.1 Å². The summed E-state index contributed by atoms with van der Waals surface area (Å²) in [6, 6.07) is 14.1. The highest BCUT2D eigenvalue weighted by Gasteiger charge is 2.37. The molecule has 4 heterocycles. The van der Waals surface area contributed by atoms with Gasteiger partial charge in [0.1, 0.15) is 0 Å². The maximum atomic E-state index is 2.74. The number of hydrogen-bond acceptors (Lipinski definition) is 4. The third-order valence-corrected chi connectivity index (χ3v) is 9.58. The summed E-state index contributed by atoms with van der Waals surface area (Å²) in [6.07, 6.45) is 0.503. The first-order valence-corrected chi connectivity index (χ1v) is 12.2. The first kappa shape index (κ1) is 18.5. The first-order chi connectivity index (χ1) is 14.2. The maximum absolute atomic E-state index is 2.74. The van der Waals surface area contributed by atoms with Crippen molar-refractivity contribution in [2.24, 2.45) is 0 Å². The summed E-state index contributed by atoms with van der Waals surface area (Å²) in [5.74, 6) is 0.585. The van der Waals surface area contributed by atoms with Crippen LogP contribution in [0.5, 0.6) is 0 Å². The zero-order valence-corrected chi connectivity index (χ0v) is 18.6. The Hall–Kier alpha value is -1.29. The average Bonchev–Trinajstić information content (AvgIpc) is 3.27. The minimum Gasteiger partial charge on any atom is -0.283 e. The first-order valence-electron chi connectivity index (χ1n) is 11.1. The van der Waals surface area contributed by atoms with Gasteiger partial charge in [0.2, 0.25) is 0 Å². The molecule has 5 heteroatoms. The van der Waals surface area contributed by atoms with E-state index < -0.39 is 0 Å². The second-order valence-electron chi connectivity index (χ2n) is 9.18. The van der Waals surface area contributed by atoms with E-state index in [0.29, 0.717) is 12.1 Å². The van der Waals surface area contributed by atoms with Crippen LogP contribution >= 0.6 is 8.58 Å². The van der Waals surface area contributed by atoms with Gasteiger partial charge >= 0.3 is 0 Å². The highest BCUT2D eigenvalue weighted by atomic mass is 31.1. The summed E-state index contributed by atoms with van der Waals surface area (Å²) < 4.78 is 0. The molecule has 0 radical (unpaired) electrons. The molecule has 0 saturated carbocycles. The fraction of sp³-hybridized carbons (Fsp3) is 0.500. The van der Waals surface area contributed by atoms with Crippen LogP contribution < -0.4 is 5.30 Å². The molecule has 4 nitrogen and oxygen atoms in total. The lowest BCUT2D eigenvalue weighted by Gasteiger charge is -2.37. The molecule has 6 bridgehead atoms. The molecule has 0 spiro atoms. The molecule has 2 aromatic rings. The van der Waals surface area contributed by atoms with Crippen molar-refractivity contribution in [3.05, 3.63) is 64.2 Å². The van der Waals surface area contributed by atoms with Crippen LogP contribution in [0.2, 0.25) is 0 Å². The topological polar surface area (TPSA) is 13.0 Å². The Morgan fingerprint density at radius 2 is 1.14 bits per heavy atom. The molecule has 2 aromatic carbocycles. The molecule has 0 amide bonds. The number of rotatable bonds is 0. The Morgan fingerprint density at radius 3 is 1.76 bits per heavy atom. The van der Waals surface area contributed by atoms with Gasteiger partial charge in [0.15, 0.2) is 0 Å². The van der Waals surface area contributed by atoms with Crippen LogP contribution in [-0.4, -0.2) is 57.9 Å². The highest BCUT2D eigenvalue weighted by molar-refractivity contribution is 7.48. The van der Waals surface area contributed by atoms with E-state index in [9.17, 15) is 0 Å². The largest absolute Gasteiger partial charge is 0.283 e. The van der Waals surface area contributed by atoms with E-state index in [1.54, 1.807) is 16.4 Å². The Kier molecular flexibility index (Phi) is 4.55. The van der Waals surface area contributed by atoms with E-state index in [1.807, 2.05) is 0 Å². The molecule has 4 aliphatic heterocycles. The predicted octanol–water partition coefficient (Wildman–Crippen LogP) is 2.89. The summed E-state index contributed by atoms with van der Waals surface area (Å²) in [6.45, 7) is 13.9. The fourth-order valence-corrected chi connectivity index (χ4v) is 7.48. The molecular formula is C24H31N4P. The number of fused-ring (bicyclic) bond motifs is 4. The third kappa shape index (κ3) is 3.08. The van der Waals surface area contributed by atoms with Crippen LogP contribution in [0.1, 0.15) is 34.7 Å². The van der Waals surface area contributed by atoms with Crippen molar-refractivity contribution in [1.82, 2.24) is 19.6 Å². The van der Waals surface area contributed by atoms with Gasteiger partial charge in [0.05, 0.1) is 12.1 Å². The van der Waals surface area contributed by atoms with Crippen LogP contribution in [0.3, 0.4) is 0 Å². The van der Waals surface area contributed by atoms with Crippen LogP contribution in [0.25, 0.3) is 0 Å². The van der Waals surface area contributed by atoms with E-state index in [2.05, 4.69) is 69.8 Å². The molecule has 29 heavy (non-hydrogen) atoms. The molecule has 0 aliphatic carbocycles. The molecule has 6 rings (SSSR count). The minimum absolute atomic E-state index is 0.503. The number of hydrogen-bond donors (Lipinski definition) is 0. The van der Waals surface area contributed by atoms with Gasteiger partial charge in [-0.1, -0.05) is 45.0 Å². The predicted molar refractivity (Wildman–Crippen MR) is 120 cm³/mol. The van der Waals surface area contributed by atoms with Gasteiger partial charge in [-0.2, -0.15) is 0 Å². The van der Waals surface area contributed by atoms with Gasteiger partial charge < -0.3 is 0 Å². The summed E-state index contributed by atoms with van der Waals surface area (Å²) in [5, 5.41) is 1.66. The van der Waals surface area contributed by atoms with Crippen molar-refractivity contribution in [3.8, 4) is 0 Å². The van der Waals surface area contributed by atoms with Crippen molar-refractivity contribution in [1.29, 1.82) is 0 Å². The normalized spacial score (nSPS) is 32.5. The number of nitrogens with zero attached hydrogens (tertiary/aromatic N) is 4. The van der Waals surface area contributed by atoms with Gasteiger partial charge in [-0.3, -0.25) is 19.6 Å². The SMILES string of the molecule is Cc1c2cccc1CN1CCN3Cc4cccc(c4P[C@H]13)CN1CCN(C2)[C@@H]1C. The van der Waals surface area contributed by atoms with Crippen LogP contribution in [0.4, 0.5) is 0 Å². The molecule has 2 saturated heterocycles. The molecule has 0 N–H and O–H groups in total. The fourth-order valence-electron chi connectivity index (χ4n) is 5.72. The number of benzene rings is 2. The van der Waals surface area contributed by atoms with Crippen molar-refractivity contribution < 1.29 is 0 Å². The Labute approximate surface area is 176 Å². The van der Waals surface area contributed by atoms with Crippen molar-refractivity contribution >= 4 is 13.9 Å². The summed E-state index contributed by atoms with van der Waals surface area (Å²) in [5.41, 5.74) is 7.70. The molecule has 4 aliphatic rings. The highest BCUT2D eigenvalue weighted by Crippen LogP contribution is 2.39. The average molecular weight is 407 g/mol. The van der Waals surface area contributed by atoms with Gasteiger partial charge in [-0.25, -0.2) is 0 Å². The zero-order chi connectivity index (χ0) is 19.5. The molecular weight excluding hydrogens is 375 g/mol. The van der Waals surface area contributed by atoms with Gasteiger partial charge in [-0.15, -0.1) is 0 Å². The Bertz CT molecular complexity index is 944. The quantitative estimate of drug-likeness (QED) is 0.624. The van der Waals surface area contributed by atoms with E-state index in [0.717, 1.165) is 34.8 Å². The maximum Gasteiger partial charge on any atom is 0.0843 e. The lowest BCUT2D eigenvalue weighted by molar-refractivity contribution is 0.141. The lowest BCUT2D eigenvalue weighted by atomic mass is 10.0. The summed E-state index contributed by atoms with van der Waals surface area (Å²) in [7, 11) is 0.869. The van der Waals surface area contributed by atoms with Gasteiger partial charge in [0.25, 0.3) is 0 Å². The van der Waals surface area contributed by atoms with Crippen LogP contribution in [-0.2, 0) is 26.2 Å².